The van der Waals surface area contributed by atoms with Gasteiger partial charge >= 0.3 is 0 Å². The van der Waals surface area contributed by atoms with Crippen LogP contribution in [-0.2, 0) is 14.8 Å². The summed E-state index contributed by atoms with van der Waals surface area (Å²) >= 11 is 0. The highest BCUT2D eigenvalue weighted by atomic mass is 32.2. The molecule has 0 heterocycles. The smallest absolute Gasteiger partial charge is 0.225 e. The van der Waals surface area contributed by atoms with Crippen LogP contribution in [0.5, 0.6) is 0 Å². The molecule has 0 unspecified atom stereocenters. The third-order valence-electron chi connectivity index (χ3n) is 3.91. The minimum Gasteiger partial charge on any atom is -0.326 e. The zero-order valence-corrected chi connectivity index (χ0v) is 13.8. The van der Waals surface area contributed by atoms with Crippen LogP contribution in [0, 0.1) is 12.8 Å². The number of carbonyl (C=O) groups excluding carboxylic acids is 1. The summed E-state index contributed by atoms with van der Waals surface area (Å²) in [6.45, 7) is 2.10. The fourth-order valence-corrected chi connectivity index (χ4v) is 4.30. The van der Waals surface area contributed by atoms with E-state index in [0.717, 1.165) is 36.9 Å². The van der Waals surface area contributed by atoms with E-state index in [4.69, 9.17) is 0 Å². The molecule has 22 heavy (non-hydrogen) atoms. The number of hydrogen-bond acceptors (Lipinski definition) is 3. The Balaban J connectivity index is 1.72. The quantitative estimate of drug-likeness (QED) is 0.809. The fourth-order valence-electron chi connectivity index (χ4n) is 2.81. The molecular weight excluding hydrogens is 300 g/mol. The second-order valence-corrected chi connectivity index (χ2v) is 7.85. The summed E-state index contributed by atoms with van der Waals surface area (Å²) in [5.41, 5.74) is 1.80. The molecule has 1 aromatic carbocycles. The normalized spacial score (nSPS) is 15.9. The van der Waals surface area contributed by atoms with Gasteiger partial charge in [-0.05, 0) is 43.4 Å². The summed E-state index contributed by atoms with van der Waals surface area (Å²) in [5, 5.41) is 2.77. The molecule has 1 saturated carbocycles. The van der Waals surface area contributed by atoms with E-state index in [1.165, 1.54) is 0 Å². The number of sulfonamides is 1. The summed E-state index contributed by atoms with van der Waals surface area (Å²) in [7, 11) is -3.27. The average Bonchev–Trinajstić information content (AvgIpc) is 2.90. The highest BCUT2D eigenvalue weighted by Crippen LogP contribution is 2.25. The molecule has 5 nitrogen and oxygen atoms in total. The Morgan fingerprint density at radius 2 is 2.00 bits per heavy atom. The molecule has 0 aromatic heterocycles. The fraction of sp³-hybridized carbons (Fsp3) is 0.562. The largest absolute Gasteiger partial charge is 0.326 e. The maximum Gasteiger partial charge on any atom is 0.225 e. The predicted octanol–water partition coefficient (Wildman–Crippen LogP) is 2.43. The Kier molecular flexibility index (Phi) is 5.97. The summed E-state index contributed by atoms with van der Waals surface area (Å²) in [6.07, 6.45) is 4.37. The van der Waals surface area contributed by atoms with E-state index in [-0.39, 0.29) is 30.5 Å². The molecule has 0 aliphatic heterocycles. The third-order valence-corrected chi connectivity index (χ3v) is 5.46. The molecule has 1 aromatic rings. The van der Waals surface area contributed by atoms with Gasteiger partial charge in [0.1, 0.15) is 0 Å². The van der Waals surface area contributed by atoms with Gasteiger partial charge in [0.25, 0.3) is 0 Å². The topological polar surface area (TPSA) is 75.3 Å². The van der Waals surface area contributed by atoms with E-state index >= 15 is 0 Å². The van der Waals surface area contributed by atoms with Crippen LogP contribution in [0.4, 0.5) is 5.69 Å². The minimum absolute atomic E-state index is 0.137. The molecule has 1 amide bonds. The molecule has 2 rings (SSSR count). The van der Waals surface area contributed by atoms with Gasteiger partial charge in [-0.3, -0.25) is 4.79 Å². The third kappa shape index (κ3) is 5.77. The number of carbonyl (C=O) groups is 1. The SMILES string of the molecule is Cc1cccc(NC(=O)CCNS(=O)(=O)CC2CCCC2)c1. The van der Waals surface area contributed by atoms with Crippen LogP contribution in [0.3, 0.4) is 0 Å². The average molecular weight is 324 g/mol. The molecule has 1 fully saturated rings. The van der Waals surface area contributed by atoms with Crippen molar-refractivity contribution in [2.45, 2.75) is 39.0 Å². The van der Waals surface area contributed by atoms with Gasteiger partial charge in [-0.15, -0.1) is 0 Å². The van der Waals surface area contributed by atoms with Crippen molar-refractivity contribution in [3.8, 4) is 0 Å². The van der Waals surface area contributed by atoms with Crippen LogP contribution in [-0.4, -0.2) is 26.6 Å². The Bertz CT molecular complexity index is 608. The van der Waals surface area contributed by atoms with Crippen molar-refractivity contribution < 1.29 is 13.2 Å². The number of nitrogens with one attached hydrogen (secondary N) is 2. The van der Waals surface area contributed by atoms with Crippen LogP contribution in [0.15, 0.2) is 24.3 Å². The van der Waals surface area contributed by atoms with Gasteiger partial charge in [-0.25, -0.2) is 13.1 Å². The molecule has 6 heteroatoms. The molecule has 1 aliphatic rings. The zero-order valence-electron chi connectivity index (χ0n) is 13.0. The first-order chi connectivity index (χ1) is 10.4. The lowest BCUT2D eigenvalue weighted by Gasteiger charge is -2.11. The van der Waals surface area contributed by atoms with Crippen LogP contribution < -0.4 is 10.0 Å². The van der Waals surface area contributed by atoms with E-state index in [1.54, 1.807) is 0 Å². The lowest BCUT2D eigenvalue weighted by molar-refractivity contribution is -0.116. The van der Waals surface area contributed by atoms with Crippen molar-refractivity contribution in [1.82, 2.24) is 4.72 Å². The monoisotopic (exact) mass is 324 g/mol. The number of amides is 1. The van der Waals surface area contributed by atoms with E-state index in [1.807, 2.05) is 31.2 Å². The lowest BCUT2D eigenvalue weighted by atomic mass is 10.1. The van der Waals surface area contributed by atoms with Crippen molar-refractivity contribution in [3.05, 3.63) is 29.8 Å². The van der Waals surface area contributed by atoms with Crippen LogP contribution in [0.1, 0.15) is 37.7 Å². The molecule has 1 aliphatic carbocycles. The summed E-state index contributed by atoms with van der Waals surface area (Å²) in [5.74, 6) is 0.278. The first kappa shape index (κ1) is 17.0. The van der Waals surface area contributed by atoms with Crippen molar-refractivity contribution in [1.29, 1.82) is 0 Å². The second-order valence-electron chi connectivity index (χ2n) is 5.99. The number of benzene rings is 1. The maximum atomic E-state index is 11.9. The molecular formula is C16H24N2O3S. The number of hydrogen-bond donors (Lipinski definition) is 2. The Morgan fingerprint density at radius 1 is 1.27 bits per heavy atom. The van der Waals surface area contributed by atoms with Crippen molar-refractivity contribution in [3.63, 3.8) is 0 Å². The van der Waals surface area contributed by atoms with Gasteiger partial charge < -0.3 is 5.32 Å². The molecule has 0 atom stereocenters. The summed E-state index contributed by atoms with van der Waals surface area (Å²) < 4.78 is 26.4. The summed E-state index contributed by atoms with van der Waals surface area (Å²) in [6, 6.07) is 7.51. The van der Waals surface area contributed by atoms with Gasteiger partial charge in [0, 0.05) is 18.7 Å². The molecule has 0 radical (unpaired) electrons. The van der Waals surface area contributed by atoms with Crippen molar-refractivity contribution in [2.24, 2.45) is 5.92 Å². The first-order valence-electron chi connectivity index (χ1n) is 7.78. The standard InChI is InChI=1S/C16H24N2O3S/c1-13-5-4-8-15(11-13)18-16(19)9-10-17-22(20,21)12-14-6-2-3-7-14/h4-5,8,11,14,17H,2-3,6-7,9-10,12H2,1H3,(H,18,19). The molecule has 2 N–H and O–H groups in total. The predicted molar refractivity (Wildman–Crippen MR) is 88.2 cm³/mol. The first-order valence-corrected chi connectivity index (χ1v) is 9.44. The van der Waals surface area contributed by atoms with E-state index in [9.17, 15) is 13.2 Å². The Labute approximate surface area is 132 Å². The Hall–Kier alpha value is -1.40. The summed E-state index contributed by atoms with van der Waals surface area (Å²) in [4.78, 5) is 11.8. The number of aryl methyl sites for hydroxylation is 1. The van der Waals surface area contributed by atoms with E-state index in [0.29, 0.717) is 0 Å². The highest BCUT2D eigenvalue weighted by molar-refractivity contribution is 7.89. The van der Waals surface area contributed by atoms with Gasteiger partial charge in [-0.2, -0.15) is 0 Å². The van der Waals surface area contributed by atoms with Crippen LogP contribution in [0.25, 0.3) is 0 Å². The maximum absolute atomic E-state index is 11.9. The molecule has 122 valence electrons. The minimum atomic E-state index is -3.27. The number of anilines is 1. The van der Waals surface area contributed by atoms with Gasteiger partial charge in [0.15, 0.2) is 0 Å². The Morgan fingerprint density at radius 3 is 2.68 bits per heavy atom. The second kappa shape index (κ2) is 7.74. The van der Waals surface area contributed by atoms with Crippen molar-refractivity contribution in [2.75, 3.05) is 17.6 Å². The van der Waals surface area contributed by atoms with E-state index in [2.05, 4.69) is 10.0 Å². The van der Waals surface area contributed by atoms with Crippen LogP contribution in [0.2, 0.25) is 0 Å². The van der Waals surface area contributed by atoms with E-state index < -0.39 is 10.0 Å². The molecule has 0 spiro atoms. The lowest BCUT2D eigenvalue weighted by Crippen LogP contribution is -2.31. The highest BCUT2D eigenvalue weighted by Gasteiger charge is 2.22. The van der Waals surface area contributed by atoms with Crippen LogP contribution >= 0.6 is 0 Å². The van der Waals surface area contributed by atoms with Gasteiger partial charge in [-0.1, -0.05) is 25.0 Å². The molecule has 0 saturated heterocycles. The zero-order chi connectivity index (χ0) is 16.0. The number of rotatable bonds is 7. The van der Waals surface area contributed by atoms with Crippen molar-refractivity contribution >= 4 is 21.6 Å². The van der Waals surface area contributed by atoms with Gasteiger partial charge in [0.2, 0.25) is 15.9 Å². The molecule has 0 bridgehead atoms. The van der Waals surface area contributed by atoms with Gasteiger partial charge in [0.05, 0.1) is 5.75 Å².